The Bertz CT molecular complexity index is 1020. The van der Waals surface area contributed by atoms with E-state index in [4.69, 9.17) is 16.0 Å². The summed E-state index contributed by atoms with van der Waals surface area (Å²) in [4.78, 5) is 17.3. The molecule has 0 fully saturated rings. The van der Waals surface area contributed by atoms with Crippen LogP contribution in [-0.2, 0) is 9.71 Å². The predicted molar refractivity (Wildman–Crippen MR) is 121 cm³/mol. The van der Waals surface area contributed by atoms with E-state index in [1.54, 1.807) is 0 Å². The Morgan fingerprint density at radius 3 is 2.62 bits per heavy atom. The van der Waals surface area contributed by atoms with Gasteiger partial charge < -0.3 is 5.73 Å². The third-order valence-corrected chi connectivity index (χ3v) is 6.56. The fraction of sp³-hybridized carbons (Fsp3) is 0.318. The Morgan fingerprint density at radius 2 is 1.97 bits per heavy atom. The molecular weight excluding hydrogens is 436 g/mol. The van der Waals surface area contributed by atoms with Crippen LogP contribution in [-0.4, -0.2) is 41.1 Å². The molecule has 1 unspecified atom stereocenters. The molecule has 1 heterocycles. The molecule has 1 aliphatic heterocycles. The number of amides is 2. The van der Waals surface area contributed by atoms with Crippen molar-refractivity contribution in [1.82, 2.24) is 10.1 Å². The molecule has 0 spiro atoms. The van der Waals surface area contributed by atoms with Crippen molar-refractivity contribution < 1.29 is 18.4 Å². The van der Waals surface area contributed by atoms with Crippen molar-refractivity contribution in [3.8, 4) is 0 Å². The number of carbonyl (C=O) groups is 1. The molecule has 2 aromatic carbocycles. The topological polar surface area (TPSA) is 95.0 Å². The molecule has 2 amide bonds. The fourth-order valence-corrected chi connectivity index (χ4v) is 4.85. The van der Waals surface area contributed by atoms with Crippen LogP contribution >= 0.6 is 11.8 Å². The summed E-state index contributed by atoms with van der Waals surface area (Å²) in [6.07, 6.45) is 2.13. The van der Waals surface area contributed by atoms with Gasteiger partial charge in [-0.1, -0.05) is 42.1 Å². The van der Waals surface area contributed by atoms with Crippen LogP contribution in [0.25, 0.3) is 0 Å². The Morgan fingerprint density at radius 1 is 1.25 bits per heavy atom. The first-order valence-corrected chi connectivity index (χ1v) is 10.8. The lowest BCUT2D eigenvalue weighted by molar-refractivity contribution is -0.0805. The largest absolute Gasteiger partial charge is 0.388 e. The minimum atomic E-state index is -1.02. The van der Waals surface area contributed by atoms with Crippen molar-refractivity contribution in [3.05, 3.63) is 71.3 Å². The number of halogens is 2. The van der Waals surface area contributed by atoms with Crippen molar-refractivity contribution >= 4 is 28.7 Å². The zero-order chi connectivity index (χ0) is 23.3. The number of hydrogen-bond donors (Lipinski definition) is 2. The molecule has 0 aliphatic carbocycles. The van der Waals surface area contributed by atoms with Crippen molar-refractivity contribution in [1.29, 1.82) is 5.41 Å². The summed E-state index contributed by atoms with van der Waals surface area (Å²) in [5, 5.41) is 14.4. The maximum absolute atomic E-state index is 14.6. The highest BCUT2D eigenvalue weighted by molar-refractivity contribution is 8.15. The number of nitrogens with one attached hydrogen (secondary N) is 1. The van der Waals surface area contributed by atoms with Gasteiger partial charge in [-0.05, 0) is 43.0 Å². The van der Waals surface area contributed by atoms with E-state index in [9.17, 15) is 13.6 Å². The summed E-state index contributed by atoms with van der Waals surface area (Å²) in [6.45, 7) is 0. The molecule has 170 valence electrons. The molecule has 0 radical (unpaired) electrons. The highest BCUT2D eigenvalue weighted by Gasteiger charge is 2.49. The number of hydrazone groups is 1. The van der Waals surface area contributed by atoms with Crippen LogP contribution in [0.4, 0.5) is 13.6 Å². The lowest BCUT2D eigenvalue weighted by Crippen LogP contribution is -2.46. The van der Waals surface area contributed by atoms with Crippen LogP contribution in [0.3, 0.4) is 0 Å². The van der Waals surface area contributed by atoms with E-state index >= 15 is 0 Å². The Hall–Kier alpha value is -2.98. The molecule has 32 heavy (non-hydrogen) atoms. The van der Waals surface area contributed by atoms with E-state index in [0.717, 1.165) is 28.8 Å². The monoisotopic (exact) mass is 461 g/mol. The van der Waals surface area contributed by atoms with E-state index in [-0.39, 0.29) is 16.4 Å². The second-order valence-corrected chi connectivity index (χ2v) is 8.55. The highest BCUT2D eigenvalue weighted by atomic mass is 32.2. The van der Waals surface area contributed by atoms with Crippen LogP contribution in [0.15, 0.2) is 53.6 Å². The second-order valence-electron chi connectivity index (χ2n) is 7.29. The van der Waals surface area contributed by atoms with Gasteiger partial charge in [-0.3, -0.25) is 10.2 Å². The first kappa shape index (κ1) is 23.7. The Kier molecular flexibility index (Phi) is 7.47. The maximum atomic E-state index is 14.6. The number of benzene rings is 2. The van der Waals surface area contributed by atoms with Gasteiger partial charge in [0.05, 0.1) is 12.9 Å². The van der Waals surface area contributed by atoms with Gasteiger partial charge in [0.2, 0.25) is 0 Å². The van der Waals surface area contributed by atoms with Gasteiger partial charge in [-0.2, -0.15) is 10.1 Å². The van der Waals surface area contributed by atoms with Gasteiger partial charge in [0.1, 0.15) is 21.5 Å². The van der Waals surface area contributed by atoms with Crippen LogP contribution in [0, 0.1) is 17.0 Å². The zero-order valence-electron chi connectivity index (χ0n) is 17.8. The summed E-state index contributed by atoms with van der Waals surface area (Å²) in [5.41, 5.74) is 6.24. The average molecular weight is 462 g/mol. The van der Waals surface area contributed by atoms with Crippen LogP contribution in [0.1, 0.15) is 36.8 Å². The summed E-state index contributed by atoms with van der Waals surface area (Å²) in [6, 6.07) is 11.9. The van der Waals surface area contributed by atoms with Gasteiger partial charge in [0.25, 0.3) is 0 Å². The molecule has 0 saturated heterocycles. The first-order chi connectivity index (χ1) is 15.3. The van der Waals surface area contributed by atoms with Crippen LogP contribution < -0.4 is 5.73 Å². The molecule has 0 aromatic heterocycles. The molecule has 7 nitrogen and oxygen atoms in total. The molecule has 3 N–H and O–H groups in total. The first-order valence-electron chi connectivity index (χ1n) is 10.0. The highest BCUT2D eigenvalue weighted by Crippen LogP contribution is 2.51. The molecule has 3 rings (SSSR count). The standard InChI is InChI=1S/C22H25F2N5O2S/c1-28(31-2)21(30)29-22(13-7-6-10-19(25)26,15-8-4-3-5-9-15)32-20(27-29)17-14-16(23)11-12-18(17)24/h3-5,8-9,11-12,14H,6-7,10,13H2,1-2H3,(H3,25,26). The minimum absolute atomic E-state index is 0.0191. The predicted octanol–water partition coefficient (Wildman–Crippen LogP) is 4.64. The molecule has 1 atom stereocenters. The summed E-state index contributed by atoms with van der Waals surface area (Å²) < 4.78 is 28.5. The minimum Gasteiger partial charge on any atom is -0.388 e. The third kappa shape index (κ3) is 4.91. The maximum Gasteiger partial charge on any atom is 0.365 e. The molecule has 0 bridgehead atoms. The second kappa shape index (κ2) is 10.1. The average Bonchev–Trinajstić information content (AvgIpc) is 3.18. The van der Waals surface area contributed by atoms with Crippen molar-refractivity contribution in [2.75, 3.05) is 14.2 Å². The number of hydrogen-bond acceptors (Lipinski definition) is 5. The number of amidine groups is 1. The summed E-state index contributed by atoms with van der Waals surface area (Å²) in [7, 11) is 2.81. The number of unbranched alkanes of at least 4 members (excludes halogenated alkanes) is 1. The molecular formula is C22H25F2N5O2S. The number of carbonyl (C=O) groups excluding carboxylic acids is 1. The van der Waals surface area contributed by atoms with E-state index in [1.165, 1.54) is 30.9 Å². The number of nitrogens with two attached hydrogens (primary N) is 1. The van der Waals surface area contributed by atoms with Gasteiger partial charge in [0.15, 0.2) is 0 Å². The fourth-order valence-electron chi connectivity index (χ4n) is 3.44. The third-order valence-electron chi connectivity index (χ3n) is 5.12. The lowest BCUT2D eigenvalue weighted by atomic mass is 9.98. The number of thioether (sulfide) groups is 1. The van der Waals surface area contributed by atoms with E-state index < -0.39 is 22.5 Å². The smallest absolute Gasteiger partial charge is 0.365 e. The molecule has 2 aromatic rings. The quantitative estimate of drug-likeness (QED) is 0.259. The summed E-state index contributed by atoms with van der Waals surface area (Å²) in [5.74, 6) is -1.15. The van der Waals surface area contributed by atoms with Crippen molar-refractivity contribution in [2.24, 2.45) is 10.8 Å². The number of nitrogens with zero attached hydrogens (tertiary/aromatic N) is 3. The molecule has 10 heteroatoms. The zero-order valence-corrected chi connectivity index (χ0v) is 18.7. The Balaban J connectivity index is 2.08. The number of hydroxylamine groups is 2. The van der Waals surface area contributed by atoms with Crippen molar-refractivity contribution in [2.45, 2.75) is 30.6 Å². The lowest BCUT2D eigenvalue weighted by Gasteiger charge is -2.37. The Labute approximate surface area is 189 Å². The normalized spacial score (nSPS) is 17.9. The van der Waals surface area contributed by atoms with E-state index in [2.05, 4.69) is 5.10 Å². The van der Waals surface area contributed by atoms with Gasteiger partial charge in [-0.25, -0.2) is 18.6 Å². The van der Waals surface area contributed by atoms with Crippen molar-refractivity contribution in [3.63, 3.8) is 0 Å². The molecule has 0 saturated carbocycles. The van der Waals surface area contributed by atoms with Gasteiger partial charge in [0, 0.05) is 19.0 Å². The molecule has 1 aliphatic rings. The van der Waals surface area contributed by atoms with Crippen LogP contribution in [0.2, 0.25) is 0 Å². The number of rotatable bonds is 8. The number of urea groups is 1. The summed E-state index contributed by atoms with van der Waals surface area (Å²) >= 11 is 1.19. The van der Waals surface area contributed by atoms with Crippen LogP contribution in [0.5, 0.6) is 0 Å². The SMILES string of the molecule is CON(C)C(=O)N1N=C(c2cc(F)ccc2F)SC1(CCCCC(=N)N)c1ccccc1. The van der Waals surface area contributed by atoms with E-state index in [1.807, 2.05) is 30.3 Å². The van der Waals surface area contributed by atoms with Gasteiger partial charge >= 0.3 is 6.03 Å². The van der Waals surface area contributed by atoms with Gasteiger partial charge in [-0.15, -0.1) is 0 Å². The van der Waals surface area contributed by atoms with E-state index in [0.29, 0.717) is 25.7 Å².